The molecular weight excluding hydrogens is 183 g/mol. The van der Waals surface area contributed by atoms with Crippen molar-refractivity contribution in [3.63, 3.8) is 0 Å². The predicted octanol–water partition coefficient (Wildman–Crippen LogP) is 0.527. The maximum Gasteiger partial charge on any atom is 0.143 e. The van der Waals surface area contributed by atoms with Gasteiger partial charge >= 0.3 is 0 Å². The van der Waals surface area contributed by atoms with E-state index in [-0.39, 0.29) is 5.56 Å². The summed E-state index contributed by atoms with van der Waals surface area (Å²) >= 11 is 0. The van der Waals surface area contributed by atoms with E-state index in [0.717, 1.165) is 0 Å². The number of halogens is 1. The third-order valence-corrected chi connectivity index (χ3v) is 2.05. The van der Waals surface area contributed by atoms with Crippen LogP contribution in [0, 0.1) is 17.1 Å². The van der Waals surface area contributed by atoms with Gasteiger partial charge in [0.1, 0.15) is 11.9 Å². The van der Waals surface area contributed by atoms with Crippen molar-refractivity contribution in [2.75, 3.05) is 18.3 Å². The summed E-state index contributed by atoms with van der Waals surface area (Å²) in [7, 11) is 0. The Kier molecular flexibility index (Phi) is 2.31. The maximum absolute atomic E-state index is 13.2. The average molecular weight is 192 g/mol. The Morgan fingerprint density at radius 1 is 1.50 bits per heavy atom. The van der Waals surface area contributed by atoms with Gasteiger partial charge in [0.25, 0.3) is 0 Å². The molecule has 1 aliphatic rings. The highest BCUT2D eigenvalue weighted by molar-refractivity contribution is 5.49. The second-order valence-corrected chi connectivity index (χ2v) is 2.95. The lowest BCUT2D eigenvalue weighted by atomic mass is 10.2. The average Bonchev–Trinajstić information content (AvgIpc) is 2.70. The van der Waals surface area contributed by atoms with Gasteiger partial charge < -0.3 is 0 Å². The lowest BCUT2D eigenvalue weighted by molar-refractivity contribution is 0.622. The Morgan fingerprint density at radius 2 is 2.36 bits per heavy atom. The third kappa shape index (κ3) is 1.53. The molecule has 0 atom stereocenters. The summed E-state index contributed by atoms with van der Waals surface area (Å²) in [4.78, 5) is 0. The summed E-state index contributed by atoms with van der Waals surface area (Å²) in [6, 6.07) is 6.32. The van der Waals surface area contributed by atoms with Crippen molar-refractivity contribution in [2.24, 2.45) is 0 Å². The number of nitrogens with one attached hydrogen (secondary N) is 2. The summed E-state index contributed by atoms with van der Waals surface area (Å²) < 4.78 is 13.2. The number of nitrogens with zero attached hydrogens (tertiary/aromatic N) is 2. The molecule has 1 saturated heterocycles. The molecule has 2 N–H and O–H groups in total. The third-order valence-electron chi connectivity index (χ3n) is 2.05. The predicted molar refractivity (Wildman–Crippen MR) is 49.6 cm³/mol. The molecule has 1 heterocycles. The second kappa shape index (κ2) is 3.62. The van der Waals surface area contributed by atoms with Gasteiger partial charge in [-0.2, -0.15) is 5.26 Å². The van der Waals surface area contributed by atoms with Gasteiger partial charge in [0, 0.05) is 0 Å². The lowest BCUT2D eigenvalue weighted by Crippen LogP contribution is -2.30. The van der Waals surface area contributed by atoms with Crippen molar-refractivity contribution in [3.05, 3.63) is 29.6 Å². The van der Waals surface area contributed by atoms with Gasteiger partial charge in [0.05, 0.1) is 24.6 Å². The highest BCUT2D eigenvalue weighted by Gasteiger charge is 2.12. The fourth-order valence-corrected chi connectivity index (χ4v) is 1.32. The van der Waals surface area contributed by atoms with Crippen molar-refractivity contribution in [2.45, 2.75) is 0 Å². The maximum atomic E-state index is 13.2. The van der Waals surface area contributed by atoms with E-state index < -0.39 is 5.82 Å². The first-order valence-electron chi connectivity index (χ1n) is 4.22. The Balaban J connectivity index is 2.28. The Morgan fingerprint density at radius 3 is 2.93 bits per heavy atom. The van der Waals surface area contributed by atoms with Crippen molar-refractivity contribution >= 4 is 5.69 Å². The van der Waals surface area contributed by atoms with E-state index in [1.165, 1.54) is 12.1 Å². The highest BCUT2D eigenvalue weighted by Crippen LogP contribution is 2.17. The van der Waals surface area contributed by atoms with E-state index in [1.54, 1.807) is 17.1 Å². The van der Waals surface area contributed by atoms with E-state index in [4.69, 9.17) is 5.26 Å². The van der Waals surface area contributed by atoms with Crippen LogP contribution in [-0.2, 0) is 0 Å². The molecule has 72 valence electrons. The number of rotatable bonds is 1. The molecule has 0 aromatic heterocycles. The summed E-state index contributed by atoms with van der Waals surface area (Å²) in [6.45, 7) is 1.30. The molecule has 0 amide bonds. The number of hydrazine groups is 1. The lowest BCUT2D eigenvalue weighted by Gasteiger charge is -2.16. The van der Waals surface area contributed by atoms with Gasteiger partial charge in [-0.25, -0.2) is 9.82 Å². The van der Waals surface area contributed by atoms with Crippen molar-refractivity contribution in [1.29, 1.82) is 5.26 Å². The molecule has 1 aromatic carbocycles. The number of hydrogen-bond donors (Lipinski definition) is 2. The summed E-state index contributed by atoms with van der Waals surface area (Å²) in [6.07, 6.45) is 0. The SMILES string of the molecule is N#Cc1ccc(N2CNCN2)cc1F. The molecule has 1 aromatic rings. The van der Waals surface area contributed by atoms with Gasteiger partial charge in [-0.1, -0.05) is 0 Å². The molecule has 2 rings (SSSR count). The zero-order valence-corrected chi connectivity index (χ0v) is 7.42. The van der Waals surface area contributed by atoms with E-state index in [9.17, 15) is 4.39 Å². The van der Waals surface area contributed by atoms with Crippen LogP contribution in [0.2, 0.25) is 0 Å². The first kappa shape index (κ1) is 8.94. The molecule has 0 saturated carbocycles. The van der Waals surface area contributed by atoms with E-state index >= 15 is 0 Å². The molecule has 1 aliphatic heterocycles. The zero-order chi connectivity index (χ0) is 9.97. The minimum atomic E-state index is -0.487. The van der Waals surface area contributed by atoms with Gasteiger partial charge in [-0.15, -0.1) is 0 Å². The van der Waals surface area contributed by atoms with E-state index in [1.807, 2.05) is 0 Å². The van der Waals surface area contributed by atoms with Crippen LogP contribution in [0.15, 0.2) is 18.2 Å². The highest BCUT2D eigenvalue weighted by atomic mass is 19.1. The van der Waals surface area contributed by atoms with Gasteiger partial charge in [-0.05, 0) is 18.2 Å². The summed E-state index contributed by atoms with van der Waals surface area (Å²) in [5.74, 6) is -0.487. The van der Waals surface area contributed by atoms with Crippen LogP contribution in [0.3, 0.4) is 0 Å². The Labute approximate surface area is 80.9 Å². The van der Waals surface area contributed by atoms with Gasteiger partial charge in [0.15, 0.2) is 0 Å². The van der Waals surface area contributed by atoms with Gasteiger partial charge in [0.2, 0.25) is 0 Å². The molecule has 1 fully saturated rings. The van der Waals surface area contributed by atoms with Crippen LogP contribution in [0.4, 0.5) is 10.1 Å². The molecule has 0 unspecified atom stereocenters. The Hall–Kier alpha value is -1.64. The largest absolute Gasteiger partial charge is 0.293 e. The van der Waals surface area contributed by atoms with Crippen LogP contribution >= 0.6 is 0 Å². The van der Waals surface area contributed by atoms with Crippen LogP contribution < -0.4 is 15.8 Å². The number of nitriles is 1. The van der Waals surface area contributed by atoms with Crippen LogP contribution in [-0.4, -0.2) is 13.3 Å². The molecule has 0 aliphatic carbocycles. The quantitative estimate of drug-likeness (QED) is 0.681. The minimum Gasteiger partial charge on any atom is -0.293 e. The number of hydrogen-bond acceptors (Lipinski definition) is 4. The van der Waals surface area contributed by atoms with E-state index in [0.29, 0.717) is 19.0 Å². The van der Waals surface area contributed by atoms with Crippen molar-refractivity contribution < 1.29 is 4.39 Å². The number of benzene rings is 1. The number of anilines is 1. The Bertz CT molecular complexity index is 379. The minimum absolute atomic E-state index is 0.0703. The normalized spacial score (nSPS) is 15.6. The van der Waals surface area contributed by atoms with E-state index in [2.05, 4.69) is 10.7 Å². The summed E-state index contributed by atoms with van der Waals surface area (Å²) in [5, 5.41) is 13.4. The fraction of sp³-hybridized carbons (Fsp3) is 0.222. The van der Waals surface area contributed by atoms with Crippen LogP contribution in [0.1, 0.15) is 5.56 Å². The fourth-order valence-electron chi connectivity index (χ4n) is 1.32. The molecule has 14 heavy (non-hydrogen) atoms. The first-order chi connectivity index (χ1) is 6.81. The zero-order valence-electron chi connectivity index (χ0n) is 7.42. The molecular formula is C9H9FN4. The summed E-state index contributed by atoms with van der Waals surface area (Å²) in [5.41, 5.74) is 3.79. The smallest absolute Gasteiger partial charge is 0.143 e. The van der Waals surface area contributed by atoms with Crippen molar-refractivity contribution in [1.82, 2.24) is 10.7 Å². The first-order valence-corrected chi connectivity index (χ1v) is 4.22. The monoisotopic (exact) mass is 192 g/mol. The van der Waals surface area contributed by atoms with Crippen LogP contribution in [0.25, 0.3) is 0 Å². The molecule has 0 bridgehead atoms. The molecule has 0 spiro atoms. The van der Waals surface area contributed by atoms with Crippen LogP contribution in [0.5, 0.6) is 0 Å². The van der Waals surface area contributed by atoms with Gasteiger partial charge in [-0.3, -0.25) is 10.3 Å². The standard InChI is InChI=1S/C9H9FN4/c10-9-3-8(2-1-7(9)4-11)14-6-12-5-13-14/h1-3,12-13H,5-6H2. The molecule has 0 radical (unpaired) electrons. The topological polar surface area (TPSA) is 51.1 Å². The molecule has 4 nitrogen and oxygen atoms in total. The molecule has 5 heteroatoms. The second-order valence-electron chi connectivity index (χ2n) is 2.95. The van der Waals surface area contributed by atoms with Crippen molar-refractivity contribution in [3.8, 4) is 6.07 Å².